The molecule has 0 saturated heterocycles. The summed E-state index contributed by atoms with van der Waals surface area (Å²) in [6, 6.07) is 6.21. The van der Waals surface area contributed by atoms with Crippen molar-refractivity contribution < 1.29 is 19.2 Å². The molecule has 0 atom stereocenters. The molecular weight excluding hydrogens is 278 g/mol. The van der Waals surface area contributed by atoms with Gasteiger partial charge in [0.1, 0.15) is 5.75 Å². The molecule has 0 bridgehead atoms. The lowest BCUT2D eigenvalue weighted by Crippen LogP contribution is -2.10. The van der Waals surface area contributed by atoms with Gasteiger partial charge in [0, 0.05) is 18.3 Å². The third-order valence-electron chi connectivity index (χ3n) is 2.63. The normalized spacial score (nSPS) is 10.5. The van der Waals surface area contributed by atoms with E-state index in [2.05, 4.69) is 20.6 Å². The minimum Gasteiger partial charge on any atom is -0.476 e. The Hall–Kier alpha value is -3.20. The summed E-state index contributed by atoms with van der Waals surface area (Å²) in [4.78, 5) is 18.8. The van der Waals surface area contributed by atoms with Crippen LogP contribution < -0.4 is 16.0 Å². The van der Waals surface area contributed by atoms with Gasteiger partial charge in [0.15, 0.2) is 11.3 Å². The van der Waals surface area contributed by atoms with E-state index < -0.39 is 5.97 Å². The van der Waals surface area contributed by atoms with E-state index in [0.717, 1.165) is 0 Å². The molecule has 0 spiro atoms. The van der Waals surface area contributed by atoms with Gasteiger partial charge in [-0.1, -0.05) is 5.16 Å². The number of anilines is 1. The molecule has 9 heteroatoms. The summed E-state index contributed by atoms with van der Waals surface area (Å²) in [5, 5.41) is 12.8. The van der Waals surface area contributed by atoms with Crippen molar-refractivity contribution in [3.63, 3.8) is 0 Å². The predicted octanol–water partition coefficient (Wildman–Crippen LogP) is 1.39. The van der Waals surface area contributed by atoms with Crippen LogP contribution in [0.2, 0.25) is 0 Å². The first-order chi connectivity index (χ1) is 10.2. The zero-order valence-corrected chi connectivity index (χ0v) is 10.5. The van der Waals surface area contributed by atoms with Crippen LogP contribution in [0.1, 0.15) is 10.5 Å². The number of nitrogens with one attached hydrogen (secondary N) is 1. The lowest BCUT2D eigenvalue weighted by Gasteiger charge is -2.05. The standard InChI is InChI=1S/C12H9N5O4/c13-16-12-14-4-3-9(15-12)20-6-1-2-7-8(5-6)21-17-10(7)11(18)19/h1-5H,13H2,(H,18,19)(H,14,15,16). The van der Waals surface area contributed by atoms with Crippen molar-refractivity contribution in [3.05, 3.63) is 36.2 Å². The highest BCUT2D eigenvalue weighted by atomic mass is 16.5. The molecule has 3 aromatic rings. The average Bonchev–Trinajstić information content (AvgIpc) is 2.90. The molecule has 0 aliphatic carbocycles. The highest BCUT2D eigenvalue weighted by Gasteiger charge is 2.15. The highest BCUT2D eigenvalue weighted by Crippen LogP contribution is 2.26. The fraction of sp³-hybridized carbons (Fsp3) is 0. The summed E-state index contributed by atoms with van der Waals surface area (Å²) >= 11 is 0. The third kappa shape index (κ3) is 2.44. The topological polar surface area (TPSA) is 136 Å². The summed E-state index contributed by atoms with van der Waals surface area (Å²) in [5.41, 5.74) is 2.46. The van der Waals surface area contributed by atoms with E-state index in [1.165, 1.54) is 12.3 Å². The van der Waals surface area contributed by atoms with Crippen LogP contribution in [0.25, 0.3) is 11.0 Å². The molecule has 0 amide bonds. The first-order valence-electron chi connectivity index (χ1n) is 5.77. The molecule has 0 aliphatic heterocycles. The van der Waals surface area contributed by atoms with Gasteiger partial charge in [-0.2, -0.15) is 4.98 Å². The van der Waals surface area contributed by atoms with E-state index in [1.54, 1.807) is 18.2 Å². The lowest BCUT2D eigenvalue weighted by atomic mass is 10.2. The number of carboxylic acids is 1. The second-order valence-electron chi connectivity index (χ2n) is 3.96. The number of nitrogens with zero attached hydrogens (tertiary/aromatic N) is 3. The van der Waals surface area contributed by atoms with Crippen molar-refractivity contribution in [2.45, 2.75) is 0 Å². The third-order valence-corrected chi connectivity index (χ3v) is 2.63. The fourth-order valence-electron chi connectivity index (χ4n) is 1.72. The molecule has 1 aromatic carbocycles. The number of carboxylic acid groups (broad SMARTS) is 1. The zero-order valence-electron chi connectivity index (χ0n) is 10.5. The number of hydrogen-bond acceptors (Lipinski definition) is 8. The van der Waals surface area contributed by atoms with Gasteiger partial charge in [-0.05, 0) is 12.1 Å². The minimum absolute atomic E-state index is 0.145. The van der Waals surface area contributed by atoms with Crippen molar-refractivity contribution in [3.8, 4) is 11.6 Å². The Bertz CT molecular complexity index is 816. The Kier molecular flexibility index (Phi) is 3.09. The summed E-state index contributed by atoms with van der Waals surface area (Å²) in [7, 11) is 0. The number of hydrazine groups is 1. The van der Waals surface area contributed by atoms with Gasteiger partial charge < -0.3 is 14.4 Å². The van der Waals surface area contributed by atoms with Crippen LogP contribution >= 0.6 is 0 Å². The summed E-state index contributed by atoms with van der Waals surface area (Å²) in [5.74, 6) is 4.95. The van der Waals surface area contributed by atoms with Crippen molar-refractivity contribution in [2.75, 3.05) is 5.43 Å². The van der Waals surface area contributed by atoms with Crippen molar-refractivity contribution in [2.24, 2.45) is 5.84 Å². The zero-order chi connectivity index (χ0) is 14.8. The van der Waals surface area contributed by atoms with Crippen LogP contribution in [0.3, 0.4) is 0 Å². The Morgan fingerprint density at radius 2 is 2.24 bits per heavy atom. The second kappa shape index (κ2) is 5.06. The van der Waals surface area contributed by atoms with Crippen LogP contribution in [-0.4, -0.2) is 26.2 Å². The first kappa shape index (κ1) is 12.8. The number of ether oxygens (including phenoxy) is 1. The molecule has 9 nitrogen and oxygen atoms in total. The number of carbonyl (C=O) groups is 1. The van der Waals surface area contributed by atoms with Gasteiger partial charge in [-0.3, -0.25) is 5.43 Å². The average molecular weight is 287 g/mol. The number of fused-ring (bicyclic) bond motifs is 1. The Labute approximate surface area is 117 Å². The molecule has 0 fully saturated rings. The maximum Gasteiger partial charge on any atom is 0.358 e. The van der Waals surface area contributed by atoms with Gasteiger partial charge in [0.25, 0.3) is 0 Å². The quantitative estimate of drug-likeness (QED) is 0.480. The van der Waals surface area contributed by atoms with Crippen LogP contribution in [-0.2, 0) is 0 Å². The summed E-state index contributed by atoms with van der Waals surface area (Å²) in [6.07, 6.45) is 1.48. The fourth-order valence-corrected chi connectivity index (χ4v) is 1.72. The first-order valence-corrected chi connectivity index (χ1v) is 5.77. The number of benzene rings is 1. The molecule has 0 radical (unpaired) electrons. The lowest BCUT2D eigenvalue weighted by molar-refractivity contribution is 0.0688. The molecule has 0 aliphatic rings. The Balaban J connectivity index is 1.92. The van der Waals surface area contributed by atoms with Gasteiger partial charge in [0.05, 0.1) is 5.39 Å². The van der Waals surface area contributed by atoms with Crippen LogP contribution in [0.15, 0.2) is 35.0 Å². The Morgan fingerprint density at radius 3 is 3.00 bits per heavy atom. The van der Waals surface area contributed by atoms with Crippen LogP contribution in [0.5, 0.6) is 11.6 Å². The minimum atomic E-state index is -1.16. The summed E-state index contributed by atoms with van der Waals surface area (Å²) < 4.78 is 10.5. The molecule has 0 saturated carbocycles. The van der Waals surface area contributed by atoms with Gasteiger partial charge in [-0.15, -0.1) is 0 Å². The number of nitrogen functional groups attached to an aromatic ring is 1. The second-order valence-corrected chi connectivity index (χ2v) is 3.96. The number of aromatic nitrogens is 3. The van der Waals surface area contributed by atoms with Crippen LogP contribution in [0.4, 0.5) is 5.95 Å². The number of rotatable bonds is 4. The molecule has 2 aromatic heterocycles. The predicted molar refractivity (Wildman–Crippen MR) is 70.9 cm³/mol. The van der Waals surface area contributed by atoms with E-state index in [1.807, 2.05) is 0 Å². The highest BCUT2D eigenvalue weighted by molar-refractivity contribution is 6.00. The molecule has 4 N–H and O–H groups in total. The van der Waals surface area contributed by atoms with Crippen molar-refractivity contribution in [1.82, 2.24) is 15.1 Å². The van der Waals surface area contributed by atoms with E-state index in [-0.39, 0.29) is 17.5 Å². The van der Waals surface area contributed by atoms with E-state index in [9.17, 15) is 4.79 Å². The largest absolute Gasteiger partial charge is 0.476 e. The van der Waals surface area contributed by atoms with Crippen molar-refractivity contribution in [1.29, 1.82) is 0 Å². The molecule has 106 valence electrons. The van der Waals surface area contributed by atoms with E-state index in [0.29, 0.717) is 16.7 Å². The molecule has 0 unspecified atom stereocenters. The molecule has 2 heterocycles. The SMILES string of the molecule is NNc1nccc(Oc2ccc3c(C(=O)O)noc3c2)n1. The number of hydrogen-bond donors (Lipinski definition) is 3. The van der Waals surface area contributed by atoms with E-state index >= 15 is 0 Å². The maximum absolute atomic E-state index is 10.9. The number of aromatic carboxylic acids is 1. The Morgan fingerprint density at radius 1 is 1.38 bits per heavy atom. The van der Waals surface area contributed by atoms with Gasteiger partial charge in [0.2, 0.25) is 11.8 Å². The summed E-state index contributed by atoms with van der Waals surface area (Å²) in [6.45, 7) is 0. The smallest absolute Gasteiger partial charge is 0.358 e. The number of nitrogens with two attached hydrogens (primary N) is 1. The van der Waals surface area contributed by atoms with Gasteiger partial charge in [-0.25, -0.2) is 15.6 Å². The molecule has 3 rings (SSSR count). The maximum atomic E-state index is 10.9. The van der Waals surface area contributed by atoms with Gasteiger partial charge >= 0.3 is 5.97 Å². The van der Waals surface area contributed by atoms with Crippen LogP contribution in [0, 0.1) is 0 Å². The molecule has 21 heavy (non-hydrogen) atoms. The van der Waals surface area contributed by atoms with E-state index in [4.69, 9.17) is 20.2 Å². The van der Waals surface area contributed by atoms with Crippen molar-refractivity contribution >= 4 is 22.9 Å². The monoisotopic (exact) mass is 287 g/mol. The molecular formula is C12H9N5O4.